The van der Waals surface area contributed by atoms with Crippen molar-refractivity contribution in [2.45, 2.75) is 25.7 Å². The summed E-state index contributed by atoms with van der Waals surface area (Å²) in [6, 6.07) is 8.74. The summed E-state index contributed by atoms with van der Waals surface area (Å²) >= 11 is 0. The van der Waals surface area contributed by atoms with E-state index in [-0.39, 0.29) is 13.0 Å². The Bertz CT molecular complexity index is 602. The van der Waals surface area contributed by atoms with Gasteiger partial charge in [0.05, 0.1) is 6.07 Å². The highest BCUT2D eigenvalue weighted by Crippen LogP contribution is 2.02. The van der Waals surface area contributed by atoms with Crippen LogP contribution < -0.4 is 5.32 Å². The van der Waals surface area contributed by atoms with Crippen LogP contribution in [0.25, 0.3) is 0 Å². The Kier molecular flexibility index (Phi) is 5.47. The third-order valence-corrected chi connectivity index (χ3v) is 1.85. The molecule has 1 atom stereocenters. The lowest BCUT2D eigenvalue weighted by molar-refractivity contribution is -0.159. The van der Waals surface area contributed by atoms with Crippen LogP contribution in [0.15, 0.2) is 30.3 Å². The number of nitrogens with zero attached hydrogens (tertiary/aromatic N) is 1. The van der Waals surface area contributed by atoms with Crippen molar-refractivity contribution < 1.29 is 26.7 Å². The van der Waals surface area contributed by atoms with Gasteiger partial charge < -0.3 is 15.5 Å². The zero-order valence-corrected chi connectivity index (χ0v) is 10.5. The highest BCUT2D eigenvalue weighted by Gasteiger charge is 2.04. The molecule has 0 fully saturated rings. The standard InChI is InChI=1S/C12H16N2.C2H2O4/c1-11(14-9-5-8-13)10-12-6-3-2-4-7-12;3-1(4)2(5)6/h2-4,6-7,11,14H,5,9-10H2,1H3;(H,3,4)(H,5,6)/i1D3,10D2;. The van der Waals surface area contributed by atoms with Crippen molar-refractivity contribution in [3.05, 3.63) is 35.9 Å². The number of nitrogens with one attached hydrogen (secondary N) is 1. The van der Waals surface area contributed by atoms with Gasteiger partial charge in [0.2, 0.25) is 0 Å². The van der Waals surface area contributed by atoms with E-state index in [2.05, 4.69) is 5.32 Å². The van der Waals surface area contributed by atoms with Crippen LogP contribution in [0.5, 0.6) is 0 Å². The van der Waals surface area contributed by atoms with Gasteiger partial charge in [-0.25, -0.2) is 9.59 Å². The van der Waals surface area contributed by atoms with Crippen molar-refractivity contribution in [3.63, 3.8) is 0 Å². The predicted octanol–water partition coefficient (Wildman–Crippen LogP) is 1.28. The normalized spacial score (nSPS) is 15.7. The molecule has 0 aliphatic rings. The van der Waals surface area contributed by atoms with Gasteiger partial charge in [0.1, 0.15) is 0 Å². The number of carbonyl (C=O) groups is 2. The SMILES string of the molecule is O=C(O)C(=O)O.[2H]C([2H])([2H])C(NCCC#N)C([2H])([2H])c1ccccc1. The van der Waals surface area contributed by atoms with E-state index >= 15 is 0 Å². The molecule has 6 nitrogen and oxygen atoms in total. The van der Waals surface area contributed by atoms with Crippen LogP contribution in [0.4, 0.5) is 0 Å². The Morgan fingerprint density at radius 1 is 1.40 bits per heavy atom. The van der Waals surface area contributed by atoms with Crippen molar-refractivity contribution in [2.75, 3.05) is 6.54 Å². The van der Waals surface area contributed by atoms with Gasteiger partial charge in [-0.1, -0.05) is 30.3 Å². The molecule has 0 spiro atoms. The number of carboxylic acid groups (broad SMARTS) is 2. The van der Waals surface area contributed by atoms with E-state index in [4.69, 9.17) is 31.9 Å². The number of rotatable bonds is 5. The fourth-order valence-corrected chi connectivity index (χ4v) is 1.02. The molecule has 0 radical (unpaired) electrons. The van der Waals surface area contributed by atoms with Crippen LogP contribution in [-0.2, 0) is 16.0 Å². The fraction of sp³-hybridized carbons (Fsp3) is 0.357. The minimum Gasteiger partial charge on any atom is -0.473 e. The van der Waals surface area contributed by atoms with Crippen LogP contribution in [0.1, 0.15) is 25.7 Å². The average molecular weight is 283 g/mol. The maximum Gasteiger partial charge on any atom is 0.414 e. The number of aliphatic carboxylic acids is 2. The summed E-state index contributed by atoms with van der Waals surface area (Å²) < 4.78 is 38.6. The lowest BCUT2D eigenvalue weighted by Crippen LogP contribution is -2.28. The van der Waals surface area contributed by atoms with Gasteiger partial charge in [-0.3, -0.25) is 0 Å². The summed E-state index contributed by atoms with van der Waals surface area (Å²) in [5.74, 6) is -3.65. The maximum atomic E-state index is 9.10. The molecule has 1 unspecified atom stereocenters. The molecule has 108 valence electrons. The second kappa shape index (κ2) is 10.5. The van der Waals surface area contributed by atoms with Gasteiger partial charge in [0.15, 0.2) is 0 Å². The molecule has 1 aromatic rings. The molecule has 0 bridgehead atoms. The van der Waals surface area contributed by atoms with E-state index in [0.29, 0.717) is 5.56 Å². The van der Waals surface area contributed by atoms with Gasteiger partial charge in [0.25, 0.3) is 0 Å². The van der Waals surface area contributed by atoms with Crippen molar-refractivity contribution in [2.24, 2.45) is 0 Å². The van der Waals surface area contributed by atoms with Crippen molar-refractivity contribution in [3.8, 4) is 6.07 Å². The first-order valence-corrected chi connectivity index (χ1v) is 5.56. The second-order valence-electron chi connectivity index (χ2n) is 3.42. The summed E-state index contributed by atoms with van der Waals surface area (Å²) in [6.45, 7) is -2.35. The second-order valence-corrected chi connectivity index (χ2v) is 3.42. The molecule has 1 rings (SSSR count). The topological polar surface area (TPSA) is 110 Å². The monoisotopic (exact) mass is 283 g/mol. The molecule has 0 amide bonds. The summed E-state index contributed by atoms with van der Waals surface area (Å²) in [4.78, 5) is 18.2. The summed E-state index contributed by atoms with van der Waals surface area (Å²) in [6.07, 6.45) is -1.90. The van der Waals surface area contributed by atoms with Crippen molar-refractivity contribution in [1.82, 2.24) is 5.32 Å². The molecule has 0 aliphatic carbocycles. The summed E-state index contributed by atoms with van der Waals surface area (Å²) in [5, 5.41) is 25.9. The third-order valence-electron chi connectivity index (χ3n) is 1.85. The van der Waals surface area contributed by atoms with Crippen LogP contribution in [0, 0.1) is 11.3 Å². The predicted molar refractivity (Wildman–Crippen MR) is 73.1 cm³/mol. The first kappa shape index (κ1) is 10.4. The van der Waals surface area contributed by atoms with E-state index in [9.17, 15) is 0 Å². The molecule has 1 aromatic carbocycles. The van der Waals surface area contributed by atoms with E-state index < -0.39 is 31.2 Å². The van der Waals surface area contributed by atoms with Crippen molar-refractivity contribution in [1.29, 1.82) is 5.26 Å². The lowest BCUT2D eigenvalue weighted by atomic mass is 10.1. The van der Waals surface area contributed by atoms with Crippen LogP contribution in [0.2, 0.25) is 0 Å². The summed E-state index contributed by atoms with van der Waals surface area (Å²) in [7, 11) is 0. The van der Waals surface area contributed by atoms with Gasteiger partial charge in [-0.2, -0.15) is 5.26 Å². The molecule has 20 heavy (non-hydrogen) atoms. The van der Waals surface area contributed by atoms with Crippen LogP contribution >= 0.6 is 0 Å². The molecule has 0 aliphatic heterocycles. The molecule has 3 N–H and O–H groups in total. The molecular weight excluding hydrogens is 260 g/mol. The number of carboxylic acids is 2. The Hall–Kier alpha value is -2.39. The third kappa shape index (κ3) is 9.62. The fourth-order valence-electron chi connectivity index (χ4n) is 1.02. The number of hydrogen-bond acceptors (Lipinski definition) is 4. The average Bonchev–Trinajstić information content (AvgIpc) is 2.51. The van der Waals surface area contributed by atoms with Crippen molar-refractivity contribution >= 4 is 11.9 Å². The Balaban J connectivity index is 0.000000823. The first-order chi connectivity index (χ1) is 11.4. The van der Waals surface area contributed by atoms with E-state index in [1.807, 2.05) is 6.07 Å². The first-order valence-electron chi connectivity index (χ1n) is 8.06. The molecule has 0 heterocycles. The van der Waals surface area contributed by atoms with E-state index in [1.54, 1.807) is 30.3 Å². The molecular formula is C14H18N2O4. The van der Waals surface area contributed by atoms with Gasteiger partial charge in [-0.05, 0) is 18.8 Å². The lowest BCUT2D eigenvalue weighted by Gasteiger charge is -2.12. The molecule has 0 saturated carbocycles. The Morgan fingerprint density at radius 2 is 2.00 bits per heavy atom. The van der Waals surface area contributed by atoms with Gasteiger partial charge >= 0.3 is 11.9 Å². The number of nitriles is 1. The van der Waals surface area contributed by atoms with Gasteiger partial charge in [-0.15, -0.1) is 0 Å². The highest BCUT2D eigenvalue weighted by atomic mass is 16.4. The minimum absolute atomic E-state index is 0.136. The summed E-state index contributed by atoms with van der Waals surface area (Å²) in [5.41, 5.74) is 0.306. The highest BCUT2D eigenvalue weighted by molar-refractivity contribution is 6.27. The smallest absolute Gasteiger partial charge is 0.414 e. The van der Waals surface area contributed by atoms with Crippen LogP contribution in [-0.4, -0.2) is 34.7 Å². The largest absolute Gasteiger partial charge is 0.473 e. The quantitative estimate of drug-likeness (QED) is 0.554. The number of benzene rings is 1. The van der Waals surface area contributed by atoms with Crippen LogP contribution in [0.3, 0.4) is 0 Å². The Morgan fingerprint density at radius 3 is 2.45 bits per heavy atom. The van der Waals surface area contributed by atoms with E-state index in [0.717, 1.165) is 0 Å². The minimum atomic E-state index is -2.49. The molecule has 0 saturated heterocycles. The zero-order chi connectivity index (χ0) is 19.7. The van der Waals surface area contributed by atoms with E-state index in [1.165, 1.54) is 0 Å². The number of hydrogen-bond donors (Lipinski definition) is 3. The van der Waals surface area contributed by atoms with Gasteiger partial charge in [0, 0.05) is 25.9 Å². The Labute approximate surface area is 124 Å². The maximum absolute atomic E-state index is 9.10. The molecule has 0 aromatic heterocycles. The zero-order valence-electron chi connectivity index (χ0n) is 15.5. The molecule has 6 heteroatoms.